The van der Waals surface area contributed by atoms with Crippen LogP contribution in [0.1, 0.15) is 32.8 Å². The summed E-state index contributed by atoms with van der Waals surface area (Å²) in [5.41, 5.74) is 2.05. The van der Waals surface area contributed by atoms with Crippen molar-refractivity contribution in [1.82, 2.24) is 14.6 Å². The molecule has 1 heterocycles. The lowest BCUT2D eigenvalue weighted by Gasteiger charge is -2.24. The summed E-state index contributed by atoms with van der Waals surface area (Å²) in [5, 5.41) is 4.48. The average molecular weight is 422 g/mol. The summed E-state index contributed by atoms with van der Waals surface area (Å²) in [4.78, 5) is 15.3. The van der Waals surface area contributed by atoms with Gasteiger partial charge in [-0.05, 0) is 56.3 Å². The third-order valence-electron chi connectivity index (χ3n) is 4.81. The van der Waals surface area contributed by atoms with Crippen LogP contribution in [0.15, 0.2) is 29.7 Å². The van der Waals surface area contributed by atoms with Crippen molar-refractivity contribution in [2.24, 2.45) is 7.05 Å². The van der Waals surface area contributed by atoms with E-state index < -0.39 is 19.9 Å². The van der Waals surface area contributed by atoms with Crippen LogP contribution in [0, 0.1) is 11.6 Å². The molecule has 5 nitrogen and oxygen atoms in total. The van der Waals surface area contributed by atoms with Gasteiger partial charge in [0.1, 0.15) is 17.3 Å². The number of imidazole rings is 1. The first-order valence-electron chi connectivity index (χ1n) is 9.42. The molecular formula is C21H29F2N4OP. The summed E-state index contributed by atoms with van der Waals surface area (Å²) in [6, 6.07) is 2.60. The molecule has 1 aromatic carbocycles. The predicted octanol–water partition coefficient (Wildman–Crippen LogP) is 3.12. The molecule has 1 atom stereocenters. The standard InChI is InChI=1S/C21H29F2N4OP/c1-7-14(3)19(11-20-18(8-2)24-13-26(20)4)27(5)21-16(22)9-15(10-17(21)23)12-25-29(6)28/h8-11,13,25,28H,7,12H2,1-6H3/b18-8+,19-14-,20-11+. The van der Waals surface area contributed by atoms with E-state index in [2.05, 4.69) is 10.1 Å². The third kappa shape index (κ3) is 5.50. The summed E-state index contributed by atoms with van der Waals surface area (Å²) in [7, 11) is 2.20. The molecule has 0 spiro atoms. The van der Waals surface area contributed by atoms with Gasteiger partial charge in [0, 0.05) is 26.3 Å². The first-order valence-corrected chi connectivity index (χ1v) is 11.2. The minimum absolute atomic E-state index is 0.111. The van der Waals surface area contributed by atoms with E-state index >= 15 is 0 Å². The third-order valence-corrected chi connectivity index (χ3v) is 5.43. The average Bonchev–Trinajstić information content (AvgIpc) is 3.02. The molecule has 8 heteroatoms. The van der Waals surface area contributed by atoms with E-state index in [4.69, 9.17) is 0 Å². The van der Waals surface area contributed by atoms with Crippen molar-refractivity contribution in [3.05, 3.63) is 57.6 Å². The van der Waals surface area contributed by atoms with Gasteiger partial charge < -0.3 is 14.4 Å². The molecule has 2 rings (SSSR count). The normalized spacial score (nSPS) is 14.9. The van der Waals surface area contributed by atoms with Crippen LogP contribution in [-0.4, -0.2) is 28.2 Å². The van der Waals surface area contributed by atoms with Crippen LogP contribution >= 0.6 is 8.30 Å². The number of aryl methyl sites for hydroxylation is 1. The number of nitrogens with one attached hydrogen (secondary N) is 1. The van der Waals surface area contributed by atoms with Crippen LogP contribution in [0.3, 0.4) is 0 Å². The molecule has 0 saturated carbocycles. The maximum absolute atomic E-state index is 14.9. The van der Waals surface area contributed by atoms with Crippen molar-refractivity contribution >= 4 is 26.1 Å². The largest absolute Gasteiger partial charge is 0.359 e. The summed E-state index contributed by atoms with van der Waals surface area (Å²) >= 11 is 0. The Balaban J connectivity index is 2.57. The zero-order valence-electron chi connectivity index (χ0n) is 17.8. The highest BCUT2D eigenvalue weighted by molar-refractivity contribution is 7.48. The molecule has 29 heavy (non-hydrogen) atoms. The van der Waals surface area contributed by atoms with Crippen LogP contribution in [0.25, 0.3) is 12.2 Å². The van der Waals surface area contributed by atoms with Crippen LogP contribution in [-0.2, 0) is 13.6 Å². The number of allylic oxidation sites excluding steroid dienone is 2. The van der Waals surface area contributed by atoms with Gasteiger partial charge in [-0.25, -0.2) is 13.8 Å². The Kier molecular flexibility index (Phi) is 8.08. The van der Waals surface area contributed by atoms with Gasteiger partial charge in [0.2, 0.25) is 0 Å². The van der Waals surface area contributed by atoms with Crippen molar-refractivity contribution in [2.45, 2.75) is 33.7 Å². The first kappa shape index (κ1) is 23.2. The van der Waals surface area contributed by atoms with Gasteiger partial charge in [-0.15, -0.1) is 0 Å². The van der Waals surface area contributed by atoms with Gasteiger partial charge in [0.25, 0.3) is 0 Å². The molecule has 0 aliphatic carbocycles. The maximum Gasteiger partial charge on any atom is 0.150 e. The maximum atomic E-state index is 14.9. The number of anilines is 1. The molecule has 0 aliphatic rings. The lowest BCUT2D eigenvalue weighted by molar-refractivity contribution is 0.576. The van der Waals surface area contributed by atoms with Crippen molar-refractivity contribution in [1.29, 1.82) is 0 Å². The fourth-order valence-electron chi connectivity index (χ4n) is 3.04. The summed E-state index contributed by atoms with van der Waals surface area (Å²) < 4.78 is 31.7. The number of hydrogen-bond acceptors (Lipinski definition) is 4. The number of hydrogen-bond donors (Lipinski definition) is 2. The van der Waals surface area contributed by atoms with E-state index in [1.807, 2.05) is 44.5 Å². The quantitative estimate of drug-likeness (QED) is 0.674. The van der Waals surface area contributed by atoms with Crippen molar-refractivity contribution in [3.8, 4) is 0 Å². The summed E-state index contributed by atoms with van der Waals surface area (Å²) in [6.07, 6.45) is 6.26. The fourth-order valence-corrected chi connectivity index (χ4v) is 3.45. The van der Waals surface area contributed by atoms with E-state index in [1.165, 1.54) is 12.1 Å². The van der Waals surface area contributed by atoms with E-state index in [1.54, 1.807) is 24.9 Å². The zero-order chi connectivity index (χ0) is 21.7. The Morgan fingerprint density at radius 2 is 1.97 bits per heavy atom. The van der Waals surface area contributed by atoms with Crippen LogP contribution in [0.2, 0.25) is 0 Å². The highest BCUT2D eigenvalue weighted by atomic mass is 31.2. The Morgan fingerprint density at radius 1 is 1.34 bits per heavy atom. The molecule has 0 bridgehead atoms. The summed E-state index contributed by atoms with van der Waals surface area (Å²) in [6.45, 7) is 7.68. The Labute approximate surface area is 172 Å². The molecule has 1 unspecified atom stereocenters. The number of rotatable bonds is 7. The van der Waals surface area contributed by atoms with Crippen LogP contribution < -0.4 is 20.7 Å². The second-order valence-corrected chi connectivity index (χ2v) is 8.27. The van der Waals surface area contributed by atoms with Crippen molar-refractivity contribution in [2.75, 3.05) is 18.6 Å². The van der Waals surface area contributed by atoms with Gasteiger partial charge in [0.05, 0.1) is 25.3 Å². The minimum atomic E-state index is -1.35. The lowest BCUT2D eigenvalue weighted by Crippen LogP contribution is -2.31. The zero-order valence-corrected chi connectivity index (χ0v) is 18.7. The van der Waals surface area contributed by atoms with Crippen molar-refractivity contribution < 1.29 is 13.7 Å². The SMILES string of the molecule is C/C=c1/ncn(C)/c1=C/C(=C(\C)CC)N(C)c1c(F)cc(CNP(C)O)cc1F. The smallest absolute Gasteiger partial charge is 0.150 e. The number of nitrogens with zero attached hydrogens (tertiary/aromatic N) is 3. The number of benzene rings is 1. The first-order chi connectivity index (χ1) is 13.7. The van der Waals surface area contributed by atoms with E-state index in [0.717, 1.165) is 28.4 Å². The molecule has 2 N–H and O–H groups in total. The van der Waals surface area contributed by atoms with Crippen LogP contribution in [0.4, 0.5) is 14.5 Å². The van der Waals surface area contributed by atoms with Gasteiger partial charge >= 0.3 is 0 Å². The predicted molar refractivity (Wildman–Crippen MR) is 117 cm³/mol. The Morgan fingerprint density at radius 3 is 2.48 bits per heavy atom. The second-order valence-electron chi connectivity index (χ2n) is 6.90. The second kappa shape index (κ2) is 10.1. The number of aromatic nitrogens is 2. The van der Waals surface area contributed by atoms with Crippen molar-refractivity contribution in [3.63, 3.8) is 0 Å². The minimum Gasteiger partial charge on any atom is -0.359 e. The molecule has 0 saturated heterocycles. The Hall–Kier alpha value is -2.08. The Bertz CT molecular complexity index is 991. The molecule has 0 fully saturated rings. The highest BCUT2D eigenvalue weighted by Crippen LogP contribution is 2.29. The molecule has 0 radical (unpaired) electrons. The van der Waals surface area contributed by atoms with E-state index in [9.17, 15) is 13.7 Å². The van der Waals surface area contributed by atoms with Gasteiger partial charge in [-0.3, -0.25) is 5.09 Å². The number of halogens is 2. The van der Waals surface area contributed by atoms with E-state index in [0.29, 0.717) is 5.56 Å². The molecule has 0 amide bonds. The summed E-state index contributed by atoms with van der Waals surface area (Å²) in [5.74, 6) is -1.30. The van der Waals surface area contributed by atoms with Gasteiger partial charge in [-0.1, -0.05) is 13.0 Å². The monoisotopic (exact) mass is 422 g/mol. The fraction of sp³-hybridized carbons (Fsp3) is 0.381. The lowest BCUT2D eigenvalue weighted by atomic mass is 10.1. The molecule has 1 aromatic heterocycles. The van der Waals surface area contributed by atoms with Gasteiger partial charge in [-0.2, -0.15) is 0 Å². The molecule has 0 aliphatic heterocycles. The molecular weight excluding hydrogens is 393 g/mol. The topological polar surface area (TPSA) is 53.3 Å². The van der Waals surface area contributed by atoms with Gasteiger partial charge in [0.15, 0.2) is 0 Å². The molecule has 158 valence electrons. The van der Waals surface area contributed by atoms with E-state index in [-0.39, 0.29) is 12.2 Å². The highest BCUT2D eigenvalue weighted by Gasteiger charge is 2.19. The molecule has 2 aromatic rings. The van der Waals surface area contributed by atoms with Crippen LogP contribution in [0.5, 0.6) is 0 Å².